The first kappa shape index (κ1) is 21.2. The first-order valence-electron chi connectivity index (χ1n) is 9.11. The molecule has 0 bridgehead atoms. The first-order chi connectivity index (χ1) is 14.2. The zero-order chi connectivity index (χ0) is 21.7. The minimum Gasteiger partial charge on any atom is -0.348 e. The molecular formula is C22H21N3O4S. The summed E-state index contributed by atoms with van der Waals surface area (Å²) in [6.07, 6.45) is 0. The summed E-state index contributed by atoms with van der Waals surface area (Å²) in [7, 11) is -3.89. The molecule has 7 nitrogen and oxygen atoms in total. The fourth-order valence-electron chi connectivity index (χ4n) is 2.93. The van der Waals surface area contributed by atoms with Gasteiger partial charge in [-0.25, -0.2) is 5.14 Å². The Kier molecular flexibility index (Phi) is 6.29. The molecule has 0 aromatic heterocycles. The molecule has 8 heteroatoms. The van der Waals surface area contributed by atoms with Gasteiger partial charge in [-0.15, -0.1) is 0 Å². The van der Waals surface area contributed by atoms with Crippen LogP contribution in [0.3, 0.4) is 0 Å². The van der Waals surface area contributed by atoms with Gasteiger partial charge in [-0.2, -0.15) is 8.42 Å². The molecule has 154 valence electrons. The second-order valence-corrected chi connectivity index (χ2v) is 8.07. The molecule has 0 saturated heterocycles. The van der Waals surface area contributed by atoms with Crippen molar-refractivity contribution in [1.82, 2.24) is 5.32 Å². The largest absolute Gasteiger partial charge is 0.348 e. The van der Waals surface area contributed by atoms with Crippen LogP contribution in [0.4, 0.5) is 5.69 Å². The van der Waals surface area contributed by atoms with E-state index >= 15 is 0 Å². The summed E-state index contributed by atoms with van der Waals surface area (Å²) in [4.78, 5) is 25.6. The van der Waals surface area contributed by atoms with Crippen molar-refractivity contribution in [3.63, 3.8) is 0 Å². The van der Waals surface area contributed by atoms with Crippen LogP contribution in [0.15, 0.2) is 72.8 Å². The summed E-state index contributed by atoms with van der Waals surface area (Å²) in [6, 6.07) is 20.3. The molecule has 0 spiro atoms. The highest BCUT2D eigenvalue weighted by Crippen LogP contribution is 2.16. The van der Waals surface area contributed by atoms with Crippen molar-refractivity contribution in [3.05, 3.63) is 101 Å². The van der Waals surface area contributed by atoms with E-state index in [1.54, 1.807) is 60.7 Å². The summed E-state index contributed by atoms with van der Waals surface area (Å²) in [5.41, 5.74) is 3.07. The van der Waals surface area contributed by atoms with E-state index < -0.39 is 16.1 Å². The topological polar surface area (TPSA) is 118 Å². The molecule has 0 aliphatic heterocycles. The van der Waals surface area contributed by atoms with Crippen LogP contribution < -0.4 is 15.2 Å². The normalized spacial score (nSPS) is 11.0. The van der Waals surface area contributed by atoms with Crippen LogP contribution in [0.5, 0.6) is 0 Å². The Morgan fingerprint density at radius 2 is 1.57 bits per heavy atom. The number of carbonyl (C=O) groups excluding carboxylic acids is 2. The molecule has 0 aliphatic rings. The quantitative estimate of drug-likeness (QED) is 0.506. The Morgan fingerprint density at radius 3 is 2.23 bits per heavy atom. The molecule has 30 heavy (non-hydrogen) atoms. The number of amides is 1. The lowest BCUT2D eigenvalue weighted by Gasteiger charge is -2.11. The van der Waals surface area contributed by atoms with Crippen molar-refractivity contribution in [2.45, 2.75) is 13.5 Å². The summed E-state index contributed by atoms with van der Waals surface area (Å²) in [5.74, 6) is -0.643. The van der Waals surface area contributed by atoms with Gasteiger partial charge in [0.2, 0.25) is 0 Å². The fourth-order valence-corrected chi connectivity index (χ4v) is 3.38. The van der Waals surface area contributed by atoms with Gasteiger partial charge in [-0.05, 0) is 30.7 Å². The van der Waals surface area contributed by atoms with E-state index in [0.717, 1.165) is 5.56 Å². The Balaban J connectivity index is 1.76. The third kappa shape index (κ3) is 5.53. The zero-order valence-electron chi connectivity index (χ0n) is 16.3. The fraction of sp³-hybridized carbons (Fsp3) is 0.0909. The van der Waals surface area contributed by atoms with Crippen LogP contribution in [-0.2, 0) is 16.8 Å². The van der Waals surface area contributed by atoms with E-state index in [0.29, 0.717) is 22.4 Å². The zero-order valence-corrected chi connectivity index (χ0v) is 17.1. The number of ketones is 1. The van der Waals surface area contributed by atoms with Crippen molar-refractivity contribution in [2.24, 2.45) is 5.14 Å². The SMILES string of the molecule is Cc1ccc(C(=O)c2ccccc2C(=O)NCc2cccc(NS(N)(=O)=O)c2)cc1. The summed E-state index contributed by atoms with van der Waals surface area (Å²) >= 11 is 0. The lowest BCUT2D eigenvalue weighted by molar-refractivity contribution is 0.0939. The molecule has 0 radical (unpaired) electrons. The number of benzene rings is 3. The van der Waals surface area contributed by atoms with E-state index in [1.165, 1.54) is 0 Å². The molecule has 3 rings (SSSR count). The van der Waals surface area contributed by atoms with Crippen molar-refractivity contribution >= 4 is 27.6 Å². The number of carbonyl (C=O) groups is 2. The van der Waals surface area contributed by atoms with Crippen molar-refractivity contribution in [2.75, 3.05) is 4.72 Å². The summed E-state index contributed by atoms with van der Waals surface area (Å²) in [5, 5.41) is 7.74. The predicted octanol–water partition coefficient (Wildman–Crippen LogP) is 2.77. The second-order valence-electron chi connectivity index (χ2n) is 6.77. The molecule has 3 aromatic carbocycles. The predicted molar refractivity (Wildman–Crippen MR) is 115 cm³/mol. The van der Waals surface area contributed by atoms with Gasteiger partial charge in [0.05, 0.1) is 11.3 Å². The van der Waals surface area contributed by atoms with Crippen LogP contribution in [0.2, 0.25) is 0 Å². The van der Waals surface area contributed by atoms with E-state index in [1.807, 2.05) is 19.1 Å². The molecule has 1 amide bonds. The lowest BCUT2D eigenvalue weighted by atomic mass is 9.97. The molecule has 0 heterocycles. The maximum atomic E-state index is 12.9. The van der Waals surface area contributed by atoms with Gasteiger partial charge in [0.25, 0.3) is 16.1 Å². The van der Waals surface area contributed by atoms with Crippen molar-refractivity contribution in [3.8, 4) is 0 Å². The standard InChI is InChI=1S/C22H21N3O4S/c1-15-9-11-17(12-10-15)21(26)19-7-2-3-8-20(19)22(27)24-14-16-5-4-6-18(13-16)25-30(23,28)29/h2-13,25H,14H2,1H3,(H,24,27)(H2,23,28,29). The number of aryl methyl sites for hydroxylation is 1. The molecule has 3 aromatic rings. The second kappa shape index (κ2) is 8.89. The van der Waals surface area contributed by atoms with Gasteiger partial charge in [-0.3, -0.25) is 14.3 Å². The van der Waals surface area contributed by atoms with Crippen molar-refractivity contribution in [1.29, 1.82) is 0 Å². The van der Waals surface area contributed by atoms with E-state index in [-0.39, 0.29) is 17.9 Å². The Labute approximate surface area is 175 Å². The third-order valence-electron chi connectivity index (χ3n) is 4.37. The lowest BCUT2D eigenvalue weighted by Crippen LogP contribution is -2.25. The molecule has 0 fully saturated rings. The third-order valence-corrected chi connectivity index (χ3v) is 4.89. The highest BCUT2D eigenvalue weighted by Gasteiger charge is 2.18. The van der Waals surface area contributed by atoms with Gasteiger partial charge in [-0.1, -0.05) is 60.2 Å². The van der Waals surface area contributed by atoms with Gasteiger partial charge >= 0.3 is 0 Å². The van der Waals surface area contributed by atoms with Crippen molar-refractivity contribution < 1.29 is 18.0 Å². The molecule has 4 N–H and O–H groups in total. The highest BCUT2D eigenvalue weighted by molar-refractivity contribution is 7.90. The van der Waals surface area contributed by atoms with Crippen LogP contribution in [0.1, 0.15) is 37.4 Å². The first-order valence-corrected chi connectivity index (χ1v) is 10.7. The van der Waals surface area contributed by atoms with Gasteiger partial charge in [0, 0.05) is 17.7 Å². The van der Waals surface area contributed by atoms with Crippen LogP contribution in [0, 0.1) is 6.92 Å². The van der Waals surface area contributed by atoms with Gasteiger partial charge in [0.1, 0.15) is 0 Å². The van der Waals surface area contributed by atoms with Gasteiger partial charge in [0.15, 0.2) is 5.78 Å². The molecule has 0 saturated carbocycles. The molecular weight excluding hydrogens is 402 g/mol. The maximum Gasteiger partial charge on any atom is 0.296 e. The summed E-state index contributed by atoms with van der Waals surface area (Å²) in [6.45, 7) is 2.08. The highest BCUT2D eigenvalue weighted by atomic mass is 32.2. The number of nitrogens with two attached hydrogens (primary N) is 1. The Morgan fingerprint density at radius 1 is 0.900 bits per heavy atom. The van der Waals surface area contributed by atoms with E-state index in [2.05, 4.69) is 10.0 Å². The Bertz CT molecular complexity index is 1190. The van der Waals surface area contributed by atoms with Crippen LogP contribution >= 0.6 is 0 Å². The maximum absolute atomic E-state index is 12.9. The Hall–Kier alpha value is -3.49. The number of anilines is 1. The number of hydrogen-bond acceptors (Lipinski definition) is 4. The average Bonchev–Trinajstić information content (AvgIpc) is 2.71. The summed E-state index contributed by atoms with van der Waals surface area (Å²) < 4.78 is 24.5. The molecule has 0 aliphatic carbocycles. The molecule has 0 unspecified atom stereocenters. The van der Waals surface area contributed by atoms with Crippen LogP contribution in [0.25, 0.3) is 0 Å². The monoisotopic (exact) mass is 423 g/mol. The smallest absolute Gasteiger partial charge is 0.296 e. The number of nitrogens with one attached hydrogen (secondary N) is 2. The minimum atomic E-state index is -3.89. The van der Waals surface area contributed by atoms with E-state index in [4.69, 9.17) is 5.14 Å². The average molecular weight is 423 g/mol. The number of rotatable bonds is 7. The van der Waals surface area contributed by atoms with E-state index in [9.17, 15) is 18.0 Å². The van der Waals surface area contributed by atoms with Crippen LogP contribution in [-0.4, -0.2) is 20.1 Å². The van der Waals surface area contributed by atoms with Gasteiger partial charge < -0.3 is 5.32 Å². The molecule has 0 atom stereocenters. The minimum absolute atomic E-state index is 0.145. The number of hydrogen-bond donors (Lipinski definition) is 3.